The van der Waals surface area contributed by atoms with Crippen molar-refractivity contribution in [2.45, 2.75) is 12.3 Å². The van der Waals surface area contributed by atoms with E-state index in [9.17, 15) is 9.59 Å². The van der Waals surface area contributed by atoms with E-state index in [-0.39, 0.29) is 11.6 Å². The van der Waals surface area contributed by atoms with Crippen molar-refractivity contribution in [2.24, 2.45) is 0 Å². The standard InChI is InChI=1S/C52H35ClO4/c1-34-10-12-35(13-11-34)50(54)37-16-26-42(27-17-37)56-44-30-20-39(21-31-44)52(48-8-4-2-6-46(48)47-7-3-5-9-49(47)52)40-22-32-45(33-23-40)57-43-28-18-38(19-29-43)51(55)36-14-24-41(53)25-15-36/h2-33H,1H3. The average Bonchev–Trinajstić information content (AvgIpc) is 3.56. The van der Waals surface area contributed by atoms with E-state index in [0.717, 1.165) is 16.7 Å². The molecule has 0 fully saturated rings. The molecule has 0 saturated heterocycles. The molecule has 0 bridgehead atoms. The summed E-state index contributed by atoms with van der Waals surface area (Å²) >= 11 is 6.01. The fraction of sp³-hybridized carbons (Fsp3) is 0.0385. The quantitative estimate of drug-likeness (QED) is 0.130. The van der Waals surface area contributed by atoms with Crippen LogP contribution in [0.2, 0.25) is 5.02 Å². The van der Waals surface area contributed by atoms with Crippen molar-refractivity contribution in [2.75, 3.05) is 0 Å². The van der Waals surface area contributed by atoms with Crippen LogP contribution in [0.1, 0.15) is 59.7 Å². The molecule has 1 aliphatic carbocycles. The molecule has 0 unspecified atom stereocenters. The largest absolute Gasteiger partial charge is 0.457 e. The van der Waals surface area contributed by atoms with Crippen LogP contribution in [-0.4, -0.2) is 11.6 Å². The first-order chi connectivity index (χ1) is 27.9. The van der Waals surface area contributed by atoms with Crippen LogP contribution in [0.3, 0.4) is 0 Å². The Balaban J connectivity index is 0.999. The molecule has 8 aromatic rings. The van der Waals surface area contributed by atoms with E-state index in [1.807, 2.05) is 79.7 Å². The predicted molar refractivity (Wildman–Crippen MR) is 226 cm³/mol. The van der Waals surface area contributed by atoms with Gasteiger partial charge < -0.3 is 9.47 Å². The molecule has 0 radical (unpaired) electrons. The van der Waals surface area contributed by atoms with Gasteiger partial charge in [0.15, 0.2) is 11.6 Å². The Kier molecular flexibility index (Phi) is 9.33. The van der Waals surface area contributed by atoms with Gasteiger partial charge in [0.25, 0.3) is 0 Å². The second-order valence-corrected chi connectivity index (χ2v) is 14.6. The summed E-state index contributed by atoms with van der Waals surface area (Å²) < 4.78 is 12.6. The van der Waals surface area contributed by atoms with Gasteiger partial charge in [0.2, 0.25) is 0 Å². The minimum Gasteiger partial charge on any atom is -0.457 e. The number of carbonyl (C=O) groups excluding carboxylic acids is 2. The molecule has 0 aliphatic heterocycles. The first kappa shape index (κ1) is 35.7. The maximum absolute atomic E-state index is 13.0. The second-order valence-electron chi connectivity index (χ2n) is 14.2. The third-order valence-electron chi connectivity index (χ3n) is 10.7. The van der Waals surface area contributed by atoms with Crippen molar-refractivity contribution in [3.05, 3.63) is 249 Å². The monoisotopic (exact) mass is 758 g/mol. The highest BCUT2D eigenvalue weighted by Crippen LogP contribution is 2.56. The zero-order valence-electron chi connectivity index (χ0n) is 31.0. The highest BCUT2D eigenvalue weighted by Gasteiger charge is 2.45. The Bertz CT molecular complexity index is 2540. The van der Waals surface area contributed by atoms with Gasteiger partial charge in [0.05, 0.1) is 5.41 Å². The van der Waals surface area contributed by atoms with Crippen LogP contribution < -0.4 is 9.47 Å². The predicted octanol–water partition coefficient (Wildman–Crippen LogP) is 13.1. The highest BCUT2D eigenvalue weighted by molar-refractivity contribution is 6.30. The molecule has 0 saturated carbocycles. The fourth-order valence-electron chi connectivity index (χ4n) is 7.83. The minimum atomic E-state index is -0.605. The molecule has 57 heavy (non-hydrogen) atoms. The number of hydrogen-bond acceptors (Lipinski definition) is 4. The number of ether oxygens (including phenoxy) is 2. The summed E-state index contributed by atoms with van der Waals surface area (Å²) in [5.41, 5.74) is 9.90. The number of benzene rings is 8. The summed E-state index contributed by atoms with van der Waals surface area (Å²) in [6, 6.07) is 62.7. The fourth-order valence-corrected chi connectivity index (χ4v) is 7.96. The van der Waals surface area contributed by atoms with E-state index in [1.54, 1.807) is 48.5 Å². The number of halogens is 1. The maximum atomic E-state index is 13.0. The molecule has 0 atom stereocenters. The lowest BCUT2D eigenvalue weighted by molar-refractivity contribution is 0.103. The Morgan fingerprint density at radius 1 is 0.404 bits per heavy atom. The number of hydrogen-bond donors (Lipinski definition) is 0. The molecule has 274 valence electrons. The second kappa shape index (κ2) is 14.9. The number of aryl methyl sites for hydroxylation is 1. The van der Waals surface area contributed by atoms with Gasteiger partial charge in [-0.05, 0) is 137 Å². The number of rotatable bonds is 10. The molecule has 8 aromatic carbocycles. The van der Waals surface area contributed by atoms with Crippen molar-refractivity contribution in [3.63, 3.8) is 0 Å². The van der Waals surface area contributed by atoms with Crippen molar-refractivity contribution < 1.29 is 19.1 Å². The third-order valence-corrected chi connectivity index (χ3v) is 10.9. The summed E-state index contributed by atoms with van der Waals surface area (Å²) in [5, 5.41) is 0.588. The van der Waals surface area contributed by atoms with Gasteiger partial charge in [-0.25, -0.2) is 0 Å². The Labute approximate surface area is 336 Å². The summed E-state index contributed by atoms with van der Waals surface area (Å²) in [6.07, 6.45) is 0. The Morgan fingerprint density at radius 3 is 1.11 bits per heavy atom. The van der Waals surface area contributed by atoms with Gasteiger partial charge in [0.1, 0.15) is 23.0 Å². The topological polar surface area (TPSA) is 52.6 Å². The molecular formula is C52H35ClO4. The van der Waals surface area contributed by atoms with Crippen molar-refractivity contribution in [1.29, 1.82) is 0 Å². The average molecular weight is 759 g/mol. The van der Waals surface area contributed by atoms with Gasteiger partial charge in [-0.2, -0.15) is 0 Å². The minimum absolute atomic E-state index is 0.0227. The molecule has 4 nitrogen and oxygen atoms in total. The van der Waals surface area contributed by atoms with Gasteiger partial charge in [-0.1, -0.05) is 114 Å². The van der Waals surface area contributed by atoms with Crippen LogP contribution in [0.5, 0.6) is 23.0 Å². The number of ketones is 2. The van der Waals surface area contributed by atoms with Crippen LogP contribution >= 0.6 is 11.6 Å². The Hall–Kier alpha value is -7.01. The molecule has 9 rings (SSSR count). The van der Waals surface area contributed by atoms with Crippen molar-refractivity contribution in [1.82, 2.24) is 0 Å². The van der Waals surface area contributed by atoms with Crippen LogP contribution in [0.15, 0.2) is 194 Å². The smallest absolute Gasteiger partial charge is 0.193 e. The zero-order chi connectivity index (χ0) is 38.9. The summed E-state index contributed by atoms with van der Waals surface area (Å²) in [6.45, 7) is 2.00. The first-order valence-corrected chi connectivity index (χ1v) is 19.1. The van der Waals surface area contributed by atoms with E-state index in [4.69, 9.17) is 21.1 Å². The van der Waals surface area contributed by atoms with Gasteiger partial charge in [-0.3, -0.25) is 9.59 Å². The summed E-state index contributed by atoms with van der Waals surface area (Å²) in [7, 11) is 0. The molecule has 0 spiro atoms. The van der Waals surface area contributed by atoms with Crippen LogP contribution in [0.4, 0.5) is 0 Å². The van der Waals surface area contributed by atoms with Gasteiger partial charge in [0, 0.05) is 27.3 Å². The van der Waals surface area contributed by atoms with E-state index in [2.05, 4.69) is 72.8 Å². The summed E-state index contributed by atoms with van der Waals surface area (Å²) in [5.74, 6) is 2.55. The molecule has 1 aliphatic rings. The van der Waals surface area contributed by atoms with Crippen molar-refractivity contribution >= 4 is 23.2 Å². The third kappa shape index (κ3) is 6.71. The van der Waals surface area contributed by atoms with Crippen LogP contribution in [-0.2, 0) is 5.41 Å². The van der Waals surface area contributed by atoms with E-state index >= 15 is 0 Å². The normalized spacial score (nSPS) is 12.3. The molecule has 0 N–H and O–H groups in total. The van der Waals surface area contributed by atoms with E-state index in [0.29, 0.717) is 50.3 Å². The SMILES string of the molecule is Cc1ccc(C(=O)c2ccc(Oc3ccc(C4(c5ccc(Oc6ccc(C(=O)c7ccc(Cl)cc7)cc6)cc5)c5ccccc5-c5ccccc54)cc3)cc2)cc1. The van der Waals surface area contributed by atoms with Crippen molar-refractivity contribution in [3.8, 4) is 34.1 Å². The van der Waals surface area contributed by atoms with Crippen LogP contribution in [0.25, 0.3) is 11.1 Å². The number of fused-ring (bicyclic) bond motifs is 3. The summed E-state index contributed by atoms with van der Waals surface area (Å²) in [4.78, 5) is 26.0. The highest BCUT2D eigenvalue weighted by atomic mass is 35.5. The van der Waals surface area contributed by atoms with Crippen LogP contribution in [0, 0.1) is 6.92 Å². The molecular weight excluding hydrogens is 724 g/mol. The molecule has 0 heterocycles. The van der Waals surface area contributed by atoms with Gasteiger partial charge in [-0.15, -0.1) is 0 Å². The Morgan fingerprint density at radius 2 is 0.719 bits per heavy atom. The molecule has 0 aromatic heterocycles. The maximum Gasteiger partial charge on any atom is 0.193 e. The van der Waals surface area contributed by atoms with E-state index in [1.165, 1.54) is 22.3 Å². The molecule has 0 amide bonds. The lowest BCUT2D eigenvalue weighted by Gasteiger charge is -2.34. The van der Waals surface area contributed by atoms with E-state index < -0.39 is 5.41 Å². The zero-order valence-corrected chi connectivity index (χ0v) is 31.7. The first-order valence-electron chi connectivity index (χ1n) is 18.7. The van der Waals surface area contributed by atoms with Gasteiger partial charge >= 0.3 is 0 Å². The lowest BCUT2D eigenvalue weighted by atomic mass is 9.68. The molecule has 5 heteroatoms. The number of carbonyl (C=O) groups is 2. The lowest BCUT2D eigenvalue weighted by Crippen LogP contribution is -2.28.